The summed E-state index contributed by atoms with van der Waals surface area (Å²) >= 11 is 0. The Hall–Kier alpha value is -3.24. The van der Waals surface area contributed by atoms with Crippen LogP contribution in [0.3, 0.4) is 0 Å². The number of benzene rings is 2. The SMILES string of the molecule is CCN(CCOc1ccc(C(C)(C)C)cc1)c1ccc(C=C(C#N)C#N)cc1. The van der Waals surface area contributed by atoms with Gasteiger partial charge in [0.2, 0.25) is 0 Å². The molecular weight excluding hydrogens is 346 g/mol. The molecule has 28 heavy (non-hydrogen) atoms. The molecule has 0 amide bonds. The molecule has 0 heterocycles. The van der Waals surface area contributed by atoms with E-state index in [1.807, 2.05) is 48.5 Å². The van der Waals surface area contributed by atoms with Gasteiger partial charge in [0.1, 0.15) is 30.1 Å². The summed E-state index contributed by atoms with van der Waals surface area (Å²) in [6.07, 6.45) is 1.59. The van der Waals surface area contributed by atoms with E-state index in [4.69, 9.17) is 15.3 Å². The Labute approximate surface area is 168 Å². The lowest BCUT2D eigenvalue weighted by molar-refractivity contribution is 0.324. The van der Waals surface area contributed by atoms with Crippen LogP contribution in [0.4, 0.5) is 5.69 Å². The Morgan fingerprint density at radius 2 is 1.61 bits per heavy atom. The number of ether oxygens (including phenoxy) is 1. The fourth-order valence-electron chi connectivity index (χ4n) is 2.83. The van der Waals surface area contributed by atoms with Crippen LogP contribution in [0.2, 0.25) is 0 Å². The van der Waals surface area contributed by atoms with Crippen LogP contribution in [0.25, 0.3) is 6.08 Å². The maximum atomic E-state index is 8.85. The largest absolute Gasteiger partial charge is 0.492 e. The first kappa shape index (κ1) is 21.1. The van der Waals surface area contributed by atoms with E-state index in [1.54, 1.807) is 6.08 Å². The molecule has 2 aromatic carbocycles. The van der Waals surface area contributed by atoms with Crippen molar-refractivity contribution in [1.29, 1.82) is 10.5 Å². The fraction of sp³-hybridized carbons (Fsp3) is 0.333. The van der Waals surface area contributed by atoms with E-state index in [9.17, 15) is 0 Å². The van der Waals surface area contributed by atoms with Crippen LogP contribution < -0.4 is 9.64 Å². The van der Waals surface area contributed by atoms with Gasteiger partial charge in [-0.1, -0.05) is 45.0 Å². The van der Waals surface area contributed by atoms with Crippen LogP contribution in [-0.4, -0.2) is 19.7 Å². The first-order valence-electron chi connectivity index (χ1n) is 9.47. The highest BCUT2D eigenvalue weighted by Crippen LogP contribution is 2.24. The van der Waals surface area contributed by atoms with E-state index in [2.05, 4.69) is 44.7 Å². The third-order valence-corrected chi connectivity index (χ3v) is 4.54. The maximum Gasteiger partial charge on any atom is 0.130 e. The van der Waals surface area contributed by atoms with Gasteiger partial charge >= 0.3 is 0 Å². The van der Waals surface area contributed by atoms with Crippen LogP contribution in [0.5, 0.6) is 5.75 Å². The zero-order valence-corrected chi connectivity index (χ0v) is 17.1. The number of allylic oxidation sites excluding steroid dienone is 1. The van der Waals surface area contributed by atoms with Crippen LogP contribution >= 0.6 is 0 Å². The summed E-state index contributed by atoms with van der Waals surface area (Å²) in [6.45, 7) is 10.9. The van der Waals surface area contributed by atoms with Crippen LogP contribution in [0.15, 0.2) is 54.1 Å². The third kappa shape index (κ3) is 5.89. The Kier molecular flexibility index (Phi) is 7.24. The number of nitriles is 2. The summed E-state index contributed by atoms with van der Waals surface area (Å²) in [5, 5.41) is 17.7. The minimum Gasteiger partial charge on any atom is -0.492 e. The van der Waals surface area contributed by atoms with Crippen molar-refractivity contribution in [2.45, 2.75) is 33.1 Å². The lowest BCUT2D eigenvalue weighted by Crippen LogP contribution is -2.28. The molecule has 0 aliphatic rings. The molecule has 2 aromatic rings. The smallest absolute Gasteiger partial charge is 0.130 e. The van der Waals surface area contributed by atoms with Gasteiger partial charge in [0.05, 0.1) is 6.54 Å². The highest BCUT2D eigenvalue weighted by molar-refractivity contribution is 5.64. The summed E-state index contributed by atoms with van der Waals surface area (Å²) in [5.74, 6) is 0.880. The van der Waals surface area contributed by atoms with E-state index >= 15 is 0 Å². The van der Waals surface area contributed by atoms with Gasteiger partial charge in [-0.05, 0) is 53.8 Å². The van der Waals surface area contributed by atoms with Gasteiger partial charge in [-0.2, -0.15) is 10.5 Å². The van der Waals surface area contributed by atoms with Crippen molar-refractivity contribution < 1.29 is 4.74 Å². The average Bonchev–Trinajstić information content (AvgIpc) is 2.70. The lowest BCUT2D eigenvalue weighted by Gasteiger charge is -2.23. The minimum atomic E-state index is 0.103. The highest BCUT2D eigenvalue weighted by atomic mass is 16.5. The molecule has 0 spiro atoms. The molecule has 0 saturated carbocycles. The van der Waals surface area contributed by atoms with Crippen molar-refractivity contribution in [2.75, 3.05) is 24.6 Å². The molecule has 0 radical (unpaired) electrons. The topological polar surface area (TPSA) is 60.0 Å². The molecular formula is C24H27N3O. The van der Waals surface area contributed by atoms with Crippen molar-refractivity contribution >= 4 is 11.8 Å². The van der Waals surface area contributed by atoms with Gasteiger partial charge in [-0.15, -0.1) is 0 Å². The predicted molar refractivity (Wildman–Crippen MR) is 114 cm³/mol. The first-order valence-corrected chi connectivity index (χ1v) is 9.47. The molecule has 0 bridgehead atoms. The van der Waals surface area contributed by atoms with Crippen LogP contribution in [0, 0.1) is 22.7 Å². The first-order chi connectivity index (χ1) is 13.4. The molecule has 0 aliphatic heterocycles. The molecule has 0 aromatic heterocycles. The Bertz CT molecular complexity index is 860. The second-order valence-corrected chi connectivity index (χ2v) is 7.58. The monoisotopic (exact) mass is 373 g/mol. The molecule has 0 aliphatic carbocycles. The number of rotatable bonds is 7. The molecule has 0 unspecified atom stereocenters. The van der Waals surface area contributed by atoms with Crippen molar-refractivity contribution in [3.05, 3.63) is 65.2 Å². The zero-order valence-electron chi connectivity index (χ0n) is 17.1. The zero-order chi connectivity index (χ0) is 20.6. The quantitative estimate of drug-likeness (QED) is 0.616. The minimum absolute atomic E-state index is 0.103. The van der Waals surface area contributed by atoms with Gasteiger partial charge in [0.25, 0.3) is 0 Å². The van der Waals surface area contributed by atoms with Crippen molar-refractivity contribution in [3.63, 3.8) is 0 Å². The standard InChI is InChI=1S/C24H27N3O/c1-5-27(22-10-6-19(7-11-22)16-20(17-25)18-26)14-15-28-23-12-8-21(9-13-23)24(2,3)4/h6-13,16H,5,14-15H2,1-4H3. The summed E-state index contributed by atoms with van der Waals surface area (Å²) in [7, 11) is 0. The van der Waals surface area contributed by atoms with Crippen molar-refractivity contribution in [3.8, 4) is 17.9 Å². The van der Waals surface area contributed by atoms with Crippen LogP contribution in [-0.2, 0) is 5.41 Å². The van der Waals surface area contributed by atoms with E-state index in [1.165, 1.54) is 5.56 Å². The summed E-state index contributed by atoms with van der Waals surface area (Å²) in [5.41, 5.74) is 3.46. The number of likely N-dealkylation sites (N-methyl/N-ethyl adjacent to an activating group) is 1. The Morgan fingerprint density at radius 1 is 1.00 bits per heavy atom. The molecule has 0 fully saturated rings. The number of hydrogen-bond donors (Lipinski definition) is 0. The third-order valence-electron chi connectivity index (χ3n) is 4.54. The molecule has 2 rings (SSSR count). The number of anilines is 1. The summed E-state index contributed by atoms with van der Waals surface area (Å²) in [4.78, 5) is 2.23. The molecule has 0 N–H and O–H groups in total. The van der Waals surface area contributed by atoms with Gasteiger partial charge < -0.3 is 9.64 Å². The predicted octanol–water partition coefficient (Wildman–Crippen LogP) is 5.32. The molecule has 144 valence electrons. The van der Waals surface area contributed by atoms with E-state index in [-0.39, 0.29) is 11.0 Å². The van der Waals surface area contributed by atoms with E-state index in [0.717, 1.165) is 30.1 Å². The Balaban J connectivity index is 1.95. The normalized spacial score (nSPS) is 10.5. The van der Waals surface area contributed by atoms with Crippen LogP contribution in [0.1, 0.15) is 38.8 Å². The average molecular weight is 374 g/mol. The summed E-state index contributed by atoms with van der Waals surface area (Å²) < 4.78 is 5.91. The van der Waals surface area contributed by atoms with Crippen molar-refractivity contribution in [2.24, 2.45) is 0 Å². The number of hydrogen-bond acceptors (Lipinski definition) is 4. The van der Waals surface area contributed by atoms with Crippen molar-refractivity contribution in [1.82, 2.24) is 0 Å². The Morgan fingerprint density at radius 3 is 2.11 bits per heavy atom. The maximum absolute atomic E-state index is 8.85. The molecule has 0 saturated heterocycles. The van der Waals surface area contributed by atoms with E-state index in [0.29, 0.717) is 6.61 Å². The molecule has 4 nitrogen and oxygen atoms in total. The number of nitrogens with zero attached hydrogens (tertiary/aromatic N) is 3. The van der Waals surface area contributed by atoms with Gasteiger partial charge in [-0.25, -0.2) is 0 Å². The highest BCUT2D eigenvalue weighted by Gasteiger charge is 2.13. The fourth-order valence-corrected chi connectivity index (χ4v) is 2.83. The lowest BCUT2D eigenvalue weighted by atomic mass is 9.87. The van der Waals surface area contributed by atoms with Gasteiger partial charge in [0, 0.05) is 12.2 Å². The summed E-state index contributed by atoms with van der Waals surface area (Å²) in [6, 6.07) is 19.9. The second-order valence-electron chi connectivity index (χ2n) is 7.58. The van der Waals surface area contributed by atoms with E-state index < -0.39 is 0 Å². The van der Waals surface area contributed by atoms with Gasteiger partial charge in [-0.3, -0.25) is 0 Å². The molecule has 4 heteroatoms. The van der Waals surface area contributed by atoms with Gasteiger partial charge in [0.15, 0.2) is 0 Å². The molecule has 0 atom stereocenters. The second kappa shape index (κ2) is 9.62.